The second kappa shape index (κ2) is 6.94. The molecule has 0 saturated carbocycles. The number of aromatic nitrogens is 1. The van der Waals surface area contributed by atoms with Gasteiger partial charge in [0.2, 0.25) is 0 Å². The number of halogens is 2. The largest absolute Gasteiger partial charge is 0.288 e. The number of pyridine rings is 1. The molecule has 0 amide bonds. The van der Waals surface area contributed by atoms with E-state index in [0.29, 0.717) is 10.2 Å². The molecule has 2 nitrogen and oxygen atoms in total. The van der Waals surface area contributed by atoms with Crippen molar-refractivity contribution in [3.8, 4) is 0 Å². The maximum Gasteiger partial charge on any atom is 0.185 e. The van der Waals surface area contributed by atoms with Gasteiger partial charge in [0.05, 0.1) is 5.02 Å². The SMILES string of the molecule is CC(=O)SCCC=Cc1cnc(Cl)c(Cl)c1. The number of allylic oxidation sites excluding steroid dienone is 1. The summed E-state index contributed by atoms with van der Waals surface area (Å²) in [4.78, 5) is 14.6. The summed E-state index contributed by atoms with van der Waals surface area (Å²) >= 11 is 12.8. The fraction of sp³-hybridized carbons (Fsp3) is 0.273. The van der Waals surface area contributed by atoms with Crippen molar-refractivity contribution in [2.24, 2.45) is 0 Å². The van der Waals surface area contributed by atoms with Crippen LogP contribution in [0.4, 0.5) is 0 Å². The van der Waals surface area contributed by atoms with Crippen LogP contribution in [0.5, 0.6) is 0 Å². The van der Waals surface area contributed by atoms with Gasteiger partial charge in [-0.2, -0.15) is 0 Å². The van der Waals surface area contributed by atoms with E-state index < -0.39 is 0 Å². The Balaban J connectivity index is 2.44. The van der Waals surface area contributed by atoms with Gasteiger partial charge in [0.25, 0.3) is 0 Å². The van der Waals surface area contributed by atoms with E-state index in [1.54, 1.807) is 19.2 Å². The minimum Gasteiger partial charge on any atom is -0.288 e. The summed E-state index contributed by atoms with van der Waals surface area (Å²) in [5.74, 6) is 0.792. The first-order valence-corrected chi connectivity index (χ1v) is 6.44. The molecule has 0 spiro atoms. The van der Waals surface area contributed by atoms with Crippen LogP contribution in [0.1, 0.15) is 18.9 Å². The maximum atomic E-state index is 10.7. The van der Waals surface area contributed by atoms with Crippen LogP contribution in [-0.4, -0.2) is 15.9 Å². The predicted molar refractivity (Wildman–Crippen MR) is 71.0 cm³/mol. The topological polar surface area (TPSA) is 30.0 Å². The lowest BCUT2D eigenvalue weighted by atomic mass is 10.2. The Morgan fingerprint density at radius 1 is 1.56 bits per heavy atom. The average molecular weight is 276 g/mol. The smallest absolute Gasteiger partial charge is 0.185 e. The van der Waals surface area contributed by atoms with Gasteiger partial charge in [-0.05, 0) is 18.1 Å². The molecular formula is C11H11Cl2NOS. The number of thioether (sulfide) groups is 1. The van der Waals surface area contributed by atoms with E-state index in [4.69, 9.17) is 23.2 Å². The zero-order chi connectivity index (χ0) is 12.0. The summed E-state index contributed by atoms with van der Waals surface area (Å²) in [6.07, 6.45) is 6.39. The van der Waals surface area contributed by atoms with E-state index in [1.165, 1.54) is 11.8 Å². The lowest BCUT2D eigenvalue weighted by Gasteiger charge is -1.96. The normalized spacial score (nSPS) is 10.9. The third-order valence-electron chi connectivity index (χ3n) is 1.72. The first-order chi connectivity index (χ1) is 7.59. The van der Waals surface area contributed by atoms with E-state index in [1.807, 2.05) is 12.2 Å². The Morgan fingerprint density at radius 3 is 2.94 bits per heavy atom. The van der Waals surface area contributed by atoms with E-state index >= 15 is 0 Å². The number of rotatable bonds is 4. The highest BCUT2D eigenvalue weighted by Gasteiger charge is 1.98. The second-order valence-electron chi connectivity index (χ2n) is 3.07. The standard InChI is InChI=1S/C11H11Cl2NOS/c1-8(15)16-5-3-2-4-9-6-10(12)11(13)14-7-9/h2,4,6-7H,3,5H2,1H3. The van der Waals surface area contributed by atoms with Crippen molar-refractivity contribution >= 4 is 46.2 Å². The number of nitrogens with zero attached hydrogens (tertiary/aromatic N) is 1. The molecule has 0 atom stereocenters. The molecule has 0 fully saturated rings. The molecule has 1 aromatic rings. The molecule has 16 heavy (non-hydrogen) atoms. The van der Waals surface area contributed by atoms with Gasteiger partial charge in [0.15, 0.2) is 5.12 Å². The van der Waals surface area contributed by atoms with Crippen molar-refractivity contribution in [1.82, 2.24) is 4.98 Å². The Kier molecular flexibility index (Phi) is 5.88. The van der Waals surface area contributed by atoms with Gasteiger partial charge >= 0.3 is 0 Å². The molecule has 1 aromatic heterocycles. The molecule has 1 heterocycles. The van der Waals surface area contributed by atoms with Crippen molar-refractivity contribution in [3.05, 3.63) is 34.1 Å². The zero-order valence-corrected chi connectivity index (χ0v) is 11.1. The number of hydrogen-bond donors (Lipinski definition) is 0. The molecule has 86 valence electrons. The molecule has 0 aliphatic heterocycles. The minimum atomic E-state index is 0.143. The Labute approximate surface area is 109 Å². The lowest BCUT2D eigenvalue weighted by molar-refractivity contribution is -0.109. The van der Waals surface area contributed by atoms with E-state index in [9.17, 15) is 4.79 Å². The zero-order valence-electron chi connectivity index (χ0n) is 8.74. The summed E-state index contributed by atoms with van der Waals surface area (Å²) < 4.78 is 0. The highest BCUT2D eigenvalue weighted by Crippen LogP contribution is 2.20. The van der Waals surface area contributed by atoms with Crippen LogP contribution in [0.3, 0.4) is 0 Å². The Hall–Kier alpha value is -0.510. The van der Waals surface area contributed by atoms with Crippen molar-refractivity contribution in [2.45, 2.75) is 13.3 Å². The van der Waals surface area contributed by atoms with Crippen LogP contribution in [0, 0.1) is 0 Å². The lowest BCUT2D eigenvalue weighted by Crippen LogP contribution is -1.84. The highest BCUT2D eigenvalue weighted by molar-refractivity contribution is 8.13. The maximum absolute atomic E-state index is 10.7. The van der Waals surface area contributed by atoms with Crippen LogP contribution < -0.4 is 0 Å². The molecule has 5 heteroatoms. The van der Waals surface area contributed by atoms with Gasteiger partial charge in [-0.1, -0.05) is 47.1 Å². The molecule has 1 rings (SSSR count). The molecule has 0 unspecified atom stereocenters. The third-order valence-corrected chi connectivity index (χ3v) is 3.25. The van der Waals surface area contributed by atoms with Crippen LogP contribution in [-0.2, 0) is 4.79 Å². The average Bonchev–Trinajstić information content (AvgIpc) is 2.22. The summed E-state index contributed by atoms with van der Waals surface area (Å²) in [5, 5.41) is 0.900. The highest BCUT2D eigenvalue weighted by atomic mass is 35.5. The Morgan fingerprint density at radius 2 is 2.31 bits per heavy atom. The van der Waals surface area contributed by atoms with Crippen molar-refractivity contribution in [3.63, 3.8) is 0 Å². The van der Waals surface area contributed by atoms with Crippen molar-refractivity contribution in [2.75, 3.05) is 5.75 Å². The number of carbonyl (C=O) groups is 1. The van der Waals surface area contributed by atoms with Gasteiger partial charge in [-0.3, -0.25) is 4.79 Å². The van der Waals surface area contributed by atoms with Crippen LogP contribution in [0.2, 0.25) is 10.2 Å². The molecule has 0 aliphatic carbocycles. The van der Waals surface area contributed by atoms with Gasteiger partial charge in [-0.25, -0.2) is 4.98 Å². The quantitative estimate of drug-likeness (QED) is 0.613. The van der Waals surface area contributed by atoms with Crippen LogP contribution in [0.15, 0.2) is 18.3 Å². The van der Waals surface area contributed by atoms with E-state index in [2.05, 4.69) is 4.98 Å². The third kappa shape index (κ3) is 5.01. The fourth-order valence-electron chi connectivity index (χ4n) is 1.02. The number of hydrogen-bond acceptors (Lipinski definition) is 3. The monoisotopic (exact) mass is 275 g/mol. The van der Waals surface area contributed by atoms with Gasteiger partial charge in [-0.15, -0.1) is 0 Å². The van der Waals surface area contributed by atoms with Crippen molar-refractivity contribution in [1.29, 1.82) is 0 Å². The molecule has 0 aliphatic rings. The first-order valence-electron chi connectivity index (χ1n) is 4.70. The first kappa shape index (κ1) is 13.6. The summed E-state index contributed by atoms with van der Waals surface area (Å²) in [7, 11) is 0. The van der Waals surface area contributed by atoms with Crippen LogP contribution >= 0.6 is 35.0 Å². The molecule has 0 saturated heterocycles. The van der Waals surface area contributed by atoms with Crippen LogP contribution in [0.25, 0.3) is 6.08 Å². The van der Waals surface area contributed by atoms with E-state index in [-0.39, 0.29) is 5.12 Å². The summed E-state index contributed by atoms with van der Waals surface area (Å²) in [5.41, 5.74) is 0.905. The van der Waals surface area contributed by atoms with Gasteiger partial charge in [0.1, 0.15) is 5.15 Å². The van der Waals surface area contributed by atoms with Gasteiger partial charge < -0.3 is 0 Å². The van der Waals surface area contributed by atoms with Gasteiger partial charge in [0, 0.05) is 18.9 Å². The minimum absolute atomic E-state index is 0.143. The molecular weight excluding hydrogens is 265 g/mol. The second-order valence-corrected chi connectivity index (χ2v) is 5.11. The predicted octanol–water partition coefficient (Wildman–Crippen LogP) is 4.07. The summed E-state index contributed by atoms with van der Waals surface area (Å²) in [6.45, 7) is 1.57. The fourth-order valence-corrected chi connectivity index (χ4v) is 1.84. The summed E-state index contributed by atoms with van der Waals surface area (Å²) in [6, 6.07) is 1.76. The van der Waals surface area contributed by atoms with Crippen molar-refractivity contribution < 1.29 is 4.79 Å². The number of carbonyl (C=O) groups excluding carboxylic acids is 1. The molecule has 0 radical (unpaired) electrons. The van der Waals surface area contributed by atoms with E-state index in [0.717, 1.165) is 17.7 Å². The molecule has 0 aromatic carbocycles. The molecule has 0 bridgehead atoms. The Bertz CT molecular complexity index is 407. The molecule has 0 N–H and O–H groups in total.